The first-order valence-electron chi connectivity index (χ1n) is 22.7. The van der Waals surface area contributed by atoms with Gasteiger partial charge in [-0.25, -0.2) is 0 Å². The molecule has 0 amide bonds. The standard InChI is InChI=1S/C59H42O.C2H6/c1-2-17-46-42(10-1)33-45-25-24-40(34-55(45)46)39-14-7-16-44(32-39)48-21-8-22-54-58-47(20-9-23-57(58)60-59(48)54)43-15-6-13-38(31-43)36-11-5-12-37(30-36)41-26-27-53-52-29-28-51(52)49-18-3-4-19-50(49)56(53)35-41;1-2/h1-27,30-32,34-35,47,51-52,58H,28-29,33H2;1-2H3/t47-,51?,52?,58?;/m1./s1. The van der Waals surface area contributed by atoms with Crippen molar-refractivity contribution in [2.24, 2.45) is 0 Å². The van der Waals surface area contributed by atoms with E-state index in [1.54, 1.807) is 0 Å². The van der Waals surface area contributed by atoms with Crippen LogP contribution in [0.15, 0.2) is 200 Å². The molecule has 0 spiro atoms. The Morgan fingerprint density at radius 2 is 0.984 bits per heavy atom. The van der Waals surface area contributed by atoms with Gasteiger partial charge < -0.3 is 4.74 Å². The third kappa shape index (κ3) is 5.90. The van der Waals surface area contributed by atoms with Crippen molar-refractivity contribution in [3.63, 3.8) is 0 Å². The Balaban J connectivity index is 0.00000202. The first-order chi connectivity index (χ1) is 30.7. The van der Waals surface area contributed by atoms with E-state index in [0.29, 0.717) is 11.8 Å². The van der Waals surface area contributed by atoms with Gasteiger partial charge in [-0.05, 0) is 150 Å². The van der Waals surface area contributed by atoms with Crippen LogP contribution in [0.25, 0.3) is 66.8 Å². The van der Waals surface area contributed by atoms with Crippen molar-refractivity contribution >= 4 is 0 Å². The minimum Gasteiger partial charge on any atom is -0.460 e. The van der Waals surface area contributed by atoms with Crippen LogP contribution in [0, 0.1) is 0 Å². The Kier molecular flexibility index (Phi) is 8.85. The molecule has 1 heteroatoms. The summed E-state index contributed by atoms with van der Waals surface area (Å²) < 4.78 is 6.86. The molecule has 8 aromatic carbocycles. The minimum absolute atomic E-state index is 0.111. The predicted octanol–water partition coefficient (Wildman–Crippen LogP) is 16.3. The van der Waals surface area contributed by atoms with Gasteiger partial charge in [0.15, 0.2) is 0 Å². The third-order valence-electron chi connectivity index (χ3n) is 14.3. The molecule has 5 aliphatic rings. The summed E-state index contributed by atoms with van der Waals surface area (Å²) in [7, 11) is 0. The molecule has 13 rings (SSSR count). The summed E-state index contributed by atoms with van der Waals surface area (Å²) in [6.07, 6.45) is 10.3. The van der Waals surface area contributed by atoms with Crippen LogP contribution in [0.4, 0.5) is 0 Å². The number of para-hydroxylation sites is 1. The molecule has 0 saturated heterocycles. The number of hydrogen-bond acceptors (Lipinski definition) is 1. The van der Waals surface area contributed by atoms with Crippen LogP contribution in [0.5, 0.6) is 5.75 Å². The summed E-state index contributed by atoms with van der Waals surface area (Å²) in [4.78, 5) is 0. The van der Waals surface area contributed by atoms with E-state index in [9.17, 15) is 0 Å². The van der Waals surface area contributed by atoms with E-state index in [4.69, 9.17) is 4.74 Å². The molecule has 62 heavy (non-hydrogen) atoms. The van der Waals surface area contributed by atoms with Crippen LogP contribution in [0.3, 0.4) is 0 Å². The molecule has 1 saturated carbocycles. The van der Waals surface area contributed by atoms with Crippen molar-refractivity contribution < 1.29 is 4.74 Å². The average Bonchev–Trinajstić information content (AvgIpc) is 3.91. The molecule has 1 aliphatic heterocycles. The molecule has 8 aromatic rings. The lowest BCUT2D eigenvalue weighted by atomic mass is 9.61. The van der Waals surface area contributed by atoms with Gasteiger partial charge in [-0.15, -0.1) is 0 Å². The highest BCUT2D eigenvalue weighted by Crippen LogP contribution is 2.58. The predicted molar refractivity (Wildman–Crippen MR) is 258 cm³/mol. The minimum atomic E-state index is 0.111. The molecule has 0 radical (unpaired) electrons. The zero-order valence-electron chi connectivity index (χ0n) is 35.3. The summed E-state index contributed by atoms with van der Waals surface area (Å²) in [6.45, 7) is 4.00. The van der Waals surface area contributed by atoms with Gasteiger partial charge in [-0.3, -0.25) is 0 Å². The number of ether oxygens (including phenoxy) is 1. The number of rotatable bonds is 5. The monoisotopic (exact) mass is 796 g/mol. The van der Waals surface area contributed by atoms with Crippen molar-refractivity contribution in [2.45, 2.75) is 56.8 Å². The Hall–Kier alpha value is -6.96. The summed E-state index contributed by atoms with van der Waals surface area (Å²) >= 11 is 0. The zero-order chi connectivity index (χ0) is 41.3. The van der Waals surface area contributed by atoms with Gasteiger partial charge in [0.05, 0.1) is 5.92 Å². The largest absolute Gasteiger partial charge is 0.460 e. The van der Waals surface area contributed by atoms with Crippen LogP contribution in [-0.2, 0) is 6.42 Å². The maximum Gasteiger partial charge on any atom is 0.138 e. The lowest BCUT2D eigenvalue weighted by molar-refractivity contribution is 0.343. The van der Waals surface area contributed by atoms with Gasteiger partial charge in [0, 0.05) is 17.0 Å². The van der Waals surface area contributed by atoms with Crippen LogP contribution in [0.1, 0.15) is 83.7 Å². The second kappa shape index (κ2) is 14.9. The molecule has 298 valence electrons. The molecular formula is C61H48O. The second-order valence-electron chi connectivity index (χ2n) is 17.5. The number of fused-ring (bicyclic) bond motifs is 12. The van der Waals surface area contributed by atoms with Gasteiger partial charge in [-0.2, -0.15) is 0 Å². The van der Waals surface area contributed by atoms with Gasteiger partial charge in [0.2, 0.25) is 0 Å². The van der Waals surface area contributed by atoms with Gasteiger partial charge in [-0.1, -0.05) is 178 Å². The van der Waals surface area contributed by atoms with Crippen LogP contribution in [0.2, 0.25) is 0 Å². The van der Waals surface area contributed by atoms with E-state index in [-0.39, 0.29) is 11.8 Å². The molecule has 1 nitrogen and oxygen atoms in total. The van der Waals surface area contributed by atoms with Crippen LogP contribution in [-0.4, -0.2) is 0 Å². The molecule has 3 unspecified atom stereocenters. The highest BCUT2D eigenvalue weighted by molar-refractivity contribution is 5.85. The summed E-state index contributed by atoms with van der Waals surface area (Å²) in [5, 5.41) is 0. The normalized spacial score (nSPS) is 19.1. The Morgan fingerprint density at radius 1 is 0.419 bits per heavy atom. The van der Waals surface area contributed by atoms with E-state index in [1.807, 2.05) is 13.8 Å². The third-order valence-corrected chi connectivity index (χ3v) is 14.3. The quantitative estimate of drug-likeness (QED) is 0.169. The zero-order valence-corrected chi connectivity index (χ0v) is 35.3. The van der Waals surface area contributed by atoms with Crippen molar-refractivity contribution in [3.05, 3.63) is 233 Å². The molecule has 1 fully saturated rings. The van der Waals surface area contributed by atoms with E-state index in [2.05, 4.69) is 194 Å². The molecular weight excluding hydrogens is 749 g/mol. The van der Waals surface area contributed by atoms with Crippen LogP contribution < -0.4 is 4.74 Å². The summed E-state index contributed by atoms with van der Waals surface area (Å²) in [5.74, 6) is 3.61. The topological polar surface area (TPSA) is 9.23 Å². The lowest BCUT2D eigenvalue weighted by Gasteiger charge is -2.43. The fraction of sp³-hybridized carbons (Fsp3) is 0.148. The second-order valence-corrected chi connectivity index (χ2v) is 17.5. The molecule has 4 atom stereocenters. The smallest absolute Gasteiger partial charge is 0.138 e. The van der Waals surface area contributed by atoms with Crippen LogP contribution >= 0.6 is 0 Å². The maximum atomic E-state index is 6.86. The molecule has 1 heterocycles. The van der Waals surface area contributed by atoms with Gasteiger partial charge in [0.25, 0.3) is 0 Å². The average molecular weight is 797 g/mol. The molecule has 4 aliphatic carbocycles. The van der Waals surface area contributed by atoms with Crippen molar-refractivity contribution in [3.8, 4) is 72.5 Å². The number of hydrogen-bond donors (Lipinski definition) is 0. The fourth-order valence-electron chi connectivity index (χ4n) is 11.2. The highest BCUT2D eigenvalue weighted by Gasteiger charge is 2.40. The fourth-order valence-corrected chi connectivity index (χ4v) is 11.2. The Morgan fingerprint density at radius 3 is 1.77 bits per heavy atom. The lowest BCUT2D eigenvalue weighted by Crippen LogP contribution is -2.26. The maximum absolute atomic E-state index is 6.86. The van der Waals surface area contributed by atoms with Crippen molar-refractivity contribution in [1.82, 2.24) is 0 Å². The number of allylic oxidation sites excluding steroid dienone is 4. The van der Waals surface area contributed by atoms with E-state index in [0.717, 1.165) is 23.5 Å². The van der Waals surface area contributed by atoms with Gasteiger partial charge >= 0.3 is 0 Å². The Labute approximate surface area is 365 Å². The summed E-state index contributed by atoms with van der Waals surface area (Å²) in [6, 6.07) is 66.1. The van der Waals surface area contributed by atoms with Crippen molar-refractivity contribution in [2.75, 3.05) is 0 Å². The first kappa shape index (κ1) is 36.9. The van der Waals surface area contributed by atoms with Crippen molar-refractivity contribution in [1.29, 1.82) is 0 Å². The van der Waals surface area contributed by atoms with E-state index < -0.39 is 0 Å². The van der Waals surface area contributed by atoms with Gasteiger partial charge in [0.1, 0.15) is 11.5 Å². The Bertz CT molecular complexity index is 3140. The first-order valence-corrected chi connectivity index (χ1v) is 22.7. The highest BCUT2D eigenvalue weighted by atomic mass is 16.5. The summed E-state index contributed by atoms with van der Waals surface area (Å²) in [5.41, 5.74) is 23.8. The van der Waals surface area contributed by atoms with E-state index in [1.165, 1.54) is 107 Å². The molecule has 0 N–H and O–H groups in total. The molecule has 0 aromatic heterocycles. The van der Waals surface area contributed by atoms with E-state index >= 15 is 0 Å². The SMILES string of the molecule is C1=C[C@H](c2cccc(-c3cccc(-c4ccc5c(c4)-c4ccccc4C4CCC54)c3)c2)C2C(=C1)Oc1c(-c3cccc(-c4ccc5c(c4)-c4ccccc4C5)c3)cccc12.CC. The molecule has 0 bridgehead atoms. The number of benzene rings is 8.